The maximum Gasteiger partial charge on any atom is 0.277 e. The van der Waals surface area contributed by atoms with Gasteiger partial charge in [-0.1, -0.05) is 0 Å². The molecular weight excluding hydrogens is 242 g/mol. The standard InChI is InChI=1S/C12H12F2N2O2/c13-12(14)3-1-5-17-11(12)8-18-10-7-16-4-2-9(10)6-15/h2,4,7,11H,1,3,5,8H2. The van der Waals surface area contributed by atoms with Gasteiger partial charge in [0, 0.05) is 19.2 Å². The molecule has 1 fully saturated rings. The molecule has 1 atom stereocenters. The van der Waals surface area contributed by atoms with Crippen LogP contribution in [0.25, 0.3) is 0 Å². The van der Waals surface area contributed by atoms with Crippen LogP contribution in [0.3, 0.4) is 0 Å². The smallest absolute Gasteiger partial charge is 0.277 e. The minimum atomic E-state index is -2.88. The van der Waals surface area contributed by atoms with Crippen molar-refractivity contribution < 1.29 is 18.3 Å². The molecule has 1 saturated heterocycles. The highest BCUT2D eigenvalue weighted by Crippen LogP contribution is 2.31. The zero-order valence-corrected chi connectivity index (χ0v) is 9.60. The number of nitriles is 1. The SMILES string of the molecule is N#Cc1ccncc1OCC1OCCCC1(F)F. The molecule has 6 heteroatoms. The van der Waals surface area contributed by atoms with Crippen molar-refractivity contribution in [3.63, 3.8) is 0 Å². The zero-order valence-electron chi connectivity index (χ0n) is 9.60. The number of hydrogen-bond acceptors (Lipinski definition) is 4. The fourth-order valence-corrected chi connectivity index (χ4v) is 1.74. The van der Waals surface area contributed by atoms with Crippen molar-refractivity contribution in [1.29, 1.82) is 5.26 Å². The Balaban J connectivity index is 2.01. The van der Waals surface area contributed by atoms with Gasteiger partial charge in [-0.05, 0) is 12.5 Å². The van der Waals surface area contributed by atoms with E-state index in [1.807, 2.05) is 6.07 Å². The molecular formula is C12H12F2N2O2. The highest BCUT2D eigenvalue weighted by atomic mass is 19.3. The lowest BCUT2D eigenvalue weighted by atomic mass is 10.1. The quantitative estimate of drug-likeness (QED) is 0.829. The second kappa shape index (κ2) is 5.27. The summed E-state index contributed by atoms with van der Waals surface area (Å²) in [4.78, 5) is 3.79. The average molecular weight is 254 g/mol. The summed E-state index contributed by atoms with van der Waals surface area (Å²) in [6, 6.07) is 3.38. The Morgan fingerprint density at radius 2 is 2.44 bits per heavy atom. The van der Waals surface area contributed by atoms with Crippen LogP contribution >= 0.6 is 0 Å². The summed E-state index contributed by atoms with van der Waals surface area (Å²) in [5.74, 6) is -2.68. The van der Waals surface area contributed by atoms with Gasteiger partial charge in [0.1, 0.15) is 12.7 Å². The molecule has 1 aromatic rings. The molecule has 0 saturated carbocycles. The van der Waals surface area contributed by atoms with Gasteiger partial charge in [0.05, 0.1) is 11.8 Å². The third-order valence-corrected chi connectivity index (χ3v) is 2.74. The van der Waals surface area contributed by atoms with Crippen molar-refractivity contribution in [2.75, 3.05) is 13.2 Å². The lowest BCUT2D eigenvalue weighted by Gasteiger charge is -2.31. The number of aromatic nitrogens is 1. The van der Waals surface area contributed by atoms with Crippen LogP contribution in [-0.4, -0.2) is 30.2 Å². The van der Waals surface area contributed by atoms with Crippen molar-refractivity contribution in [1.82, 2.24) is 4.98 Å². The maximum atomic E-state index is 13.5. The number of ether oxygens (including phenoxy) is 2. The molecule has 2 rings (SSSR count). The van der Waals surface area contributed by atoms with Crippen LogP contribution in [0.15, 0.2) is 18.5 Å². The van der Waals surface area contributed by atoms with Gasteiger partial charge in [0.25, 0.3) is 5.92 Å². The monoisotopic (exact) mass is 254 g/mol. The van der Waals surface area contributed by atoms with Crippen molar-refractivity contribution in [3.05, 3.63) is 24.0 Å². The Hall–Kier alpha value is -1.74. The maximum absolute atomic E-state index is 13.5. The molecule has 0 aliphatic carbocycles. The van der Waals surface area contributed by atoms with Gasteiger partial charge < -0.3 is 9.47 Å². The van der Waals surface area contributed by atoms with Crippen LogP contribution in [-0.2, 0) is 4.74 Å². The molecule has 0 amide bonds. The zero-order chi connectivity index (χ0) is 13.0. The highest BCUT2D eigenvalue weighted by Gasteiger charge is 2.43. The van der Waals surface area contributed by atoms with Gasteiger partial charge in [-0.25, -0.2) is 8.78 Å². The molecule has 1 unspecified atom stereocenters. The normalized spacial score (nSPS) is 22.2. The summed E-state index contributed by atoms with van der Waals surface area (Å²) < 4.78 is 37.2. The lowest BCUT2D eigenvalue weighted by molar-refractivity contribution is -0.180. The van der Waals surface area contributed by atoms with E-state index in [2.05, 4.69) is 4.98 Å². The fourth-order valence-electron chi connectivity index (χ4n) is 1.74. The van der Waals surface area contributed by atoms with Gasteiger partial charge in [-0.15, -0.1) is 0 Å². The first kappa shape index (κ1) is 12.7. The Kier molecular flexibility index (Phi) is 3.72. The van der Waals surface area contributed by atoms with Crippen molar-refractivity contribution >= 4 is 0 Å². The Bertz CT molecular complexity index is 460. The highest BCUT2D eigenvalue weighted by molar-refractivity contribution is 5.40. The van der Waals surface area contributed by atoms with E-state index in [9.17, 15) is 8.78 Å². The third-order valence-electron chi connectivity index (χ3n) is 2.74. The Labute approximate surface area is 103 Å². The minimum absolute atomic E-state index is 0.195. The summed E-state index contributed by atoms with van der Waals surface area (Å²) in [5, 5.41) is 8.82. The summed E-state index contributed by atoms with van der Waals surface area (Å²) in [6.07, 6.45) is 1.66. The third kappa shape index (κ3) is 2.74. The van der Waals surface area contributed by atoms with Gasteiger partial charge >= 0.3 is 0 Å². The van der Waals surface area contributed by atoms with Crippen LogP contribution < -0.4 is 4.74 Å². The molecule has 1 aromatic heterocycles. The topological polar surface area (TPSA) is 55.1 Å². The molecule has 18 heavy (non-hydrogen) atoms. The van der Waals surface area contributed by atoms with E-state index < -0.39 is 12.0 Å². The van der Waals surface area contributed by atoms with Crippen molar-refractivity contribution in [2.24, 2.45) is 0 Å². The first-order valence-electron chi connectivity index (χ1n) is 5.60. The molecule has 0 radical (unpaired) electrons. The fraction of sp³-hybridized carbons (Fsp3) is 0.500. The van der Waals surface area contributed by atoms with Crippen LogP contribution in [0.4, 0.5) is 8.78 Å². The van der Waals surface area contributed by atoms with E-state index in [0.29, 0.717) is 13.0 Å². The summed E-state index contributed by atoms with van der Waals surface area (Å²) in [7, 11) is 0. The second-order valence-corrected chi connectivity index (χ2v) is 4.02. The first-order valence-corrected chi connectivity index (χ1v) is 5.60. The van der Waals surface area contributed by atoms with Crippen LogP contribution in [0.5, 0.6) is 5.75 Å². The van der Waals surface area contributed by atoms with Gasteiger partial charge in [0.2, 0.25) is 0 Å². The number of halogens is 2. The van der Waals surface area contributed by atoms with Gasteiger partial charge in [-0.3, -0.25) is 4.98 Å². The molecule has 0 N–H and O–H groups in total. The summed E-state index contributed by atoms with van der Waals surface area (Å²) in [5.41, 5.74) is 0.268. The van der Waals surface area contributed by atoms with Gasteiger partial charge in [-0.2, -0.15) is 5.26 Å². The van der Waals surface area contributed by atoms with Crippen LogP contribution in [0.1, 0.15) is 18.4 Å². The molecule has 1 aliphatic heterocycles. The average Bonchev–Trinajstić information content (AvgIpc) is 2.37. The molecule has 0 aromatic carbocycles. The minimum Gasteiger partial charge on any atom is -0.488 e. The Morgan fingerprint density at radius 3 is 3.17 bits per heavy atom. The van der Waals surface area contributed by atoms with E-state index in [1.54, 1.807) is 0 Å². The van der Waals surface area contributed by atoms with Crippen LogP contribution in [0.2, 0.25) is 0 Å². The van der Waals surface area contributed by atoms with Gasteiger partial charge in [0.15, 0.2) is 11.9 Å². The first-order chi connectivity index (χ1) is 8.63. The van der Waals surface area contributed by atoms with E-state index in [-0.39, 0.29) is 24.3 Å². The van der Waals surface area contributed by atoms with Crippen molar-refractivity contribution in [3.8, 4) is 11.8 Å². The van der Waals surface area contributed by atoms with Crippen molar-refractivity contribution in [2.45, 2.75) is 24.9 Å². The second-order valence-electron chi connectivity index (χ2n) is 4.02. The number of pyridine rings is 1. The molecule has 96 valence electrons. The largest absolute Gasteiger partial charge is 0.488 e. The van der Waals surface area contributed by atoms with Crippen LogP contribution in [0, 0.1) is 11.3 Å². The molecule has 4 nitrogen and oxygen atoms in total. The molecule has 2 heterocycles. The number of hydrogen-bond donors (Lipinski definition) is 0. The Morgan fingerprint density at radius 1 is 1.61 bits per heavy atom. The molecule has 0 spiro atoms. The predicted molar refractivity (Wildman–Crippen MR) is 58.4 cm³/mol. The van der Waals surface area contributed by atoms with E-state index in [1.165, 1.54) is 18.5 Å². The predicted octanol–water partition coefficient (Wildman–Crippen LogP) is 2.15. The van der Waals surface area contributed by atoms with E-state index in [4.69, 9.17) is 14.7 Å². The summed E-state index contributed by atoms with van der Waals surface area (Å²) >= 11 is 0. The number of rotatable bonds is 3. The lowest BCUT2D eigenvalue weighted by Crippen LogP contribution is -2.44. The summed E-state index contributed by atoms with van der Waals surface area (Å²) in [6.45, 7) is 0.0230. The molecule has 1 aliphatic rings. The van der Waals surface area contributed by atoms with E-state index >= 15 is 0 Å². The molecule has 0 bridgehead atoms. The van der Waals surface area contributed by atoms with E-state index in [0.717, 1.165) is 0 Å². The number of nitrogens with zero attached hydrogens (tertiary/aromatic N) is 2. The number of alkyl halides is 2.